The lowest BCUT2D eigenvalue weighted by molar-refractivity contribution is 0.102. The number of carbonyl (C=O) groups excluding carboxylic acids is 1. The molecule has 0 fully saturated rings. The second-order valence-corrected chi connectivity index (χ2v) is 4.58. The Morgan fingerprint density at radius 2 is 1.80 bits per heavy atom. The van der Waals surface area contributed by atoms with Crippen molar-refractivity contribution in [1.29, 1.82) is 0 Å². The summed E-state index contributed by atoms with van der Waals surface area (Å²) in [5.74, 6) is 0.389. The normalized spacial score (nSPS) is 10.2. The summed E-state index contributed by atoms with van der Waals surface area (Å²) in [7, 11) is 1.57. The molecular weight excluding hydrogens is 254 g/mol. The van der Waals surface area contributed by atoms with Crippen LogP contribution < -0.4 is 10.1 Å². The fraction of sp³-hybridized carbons (Fsp3) is 0.267. The number of aryl methyl sites for hydroxylation is 3. The molecule has 5 heteroatoms. The predicted molar refractivity (Wildman–Crippen MR) is 77.2 cm³/mol. The number of anilines is 1. The molecule has 5 nitrogen and oxygen atoms in total. The Morgan fingerprint density at radius 1 is 1.15 bits per heavy atom. The quantitative estimate of drug-likeness (QED) is 0.932. The molecule has 1 heterocycles. The van der Waals surface area contributed by atoms with E-state index in [1.807, 2.05) is 25.1 Å². The summed E-state index contributed by atoms with van der Waals surface area (Å²) in [5, 5.41) is 2.86. The molecule has 0 atom stereocenters. The zero-order chi connectivity index (χ0) is 14.7. The van der Waals surface area contributed by atoms with Gasteiger partial charge in [0.2, 0.25) is 0 Å². The summed E-state index contributed by atoms with van der Waals surface area (Å²) in [5.41, 5.74) is 3.48. The molecule has 1 aromatic heterocycles. The monoisotopic (exact) mass is 271 g/mol. The summed E-state index contributed by atoms with van der Waals surface area (Å²) < 4.78 is 5.25. The van der Waals surface area contributed by atoms with E-state index in [0.717, 1.165) is 5.56 Å². The molecule has 1 aromatic carbocycles. The van der Waals surface area contributed by atoms with Gasteiger partial charge in [-0.25, -0.2) is 9.97 Å². The van der Waals surface area contributed by atoms with Gasteiger partial charge in [0.05, 0.1) is 29.7 Å². The van der Waals surface area contributed by atoms with E-state index < -0.39 is 0 Å². The number of carbonyl (C=O) groups is 1. The summed E-state index contributed by atoms with van der Waals surface area (Å²) in [6.07, 6.45) is 1.45. The summed E-state index contributed by atoms with van der Waals surface area (Å²) in [6.45, 7) is 5.53. The molecule has 2 rings (SSSR count). The standard InChI is InChI=1S/C15H17N3O2/c1-9-5-6-13(20-4)12(7-9)18-15(19)14-10(2)16-8-17-11(14)3/h5-8H,1-4H3,(H,18,19). The maximum atomic E-state index is 12.4. The summed E-state index contributed by atoms with van der Waals surface area (Å²) >= 11 is 0. The van der Waals surface area contributed by atoms with Crippen LogP contribution in [0.1, 0.15) is 27.3 Å². The van der Waals surface area contributed by atoms with Crippen LogP contribution in [0.25, 0.3) is 0 Å². The number of aromatic nitrogens is 2. The molecular formula is C15H17N3O2. The van der Waals surface area contributed by atoms with Gasteiger partial charge < -0.3 is 10.1 Å². The lowest BCUT2D eigenvalue weighted by Crippen LogP contribution is -2.17. The van der Waals surface area contributed by atoms with Gasteiger partial charge in [0.1, 0.15) is 12.1 Å². The SMILES string of the molecule is COc1ccc(C)cc1NC(=O)c1c(C)ncnc1C. The van der Waals surface area contributed by atoms with E-state index in [2.05, 4.69) is 15.3 Å². The largest absolute Gasteiger partial charge is 0.495 e. The highest BCUT2D eigenvalue weighted by Gasteiger charge is 2.16. The van der Waals surface area contributed by atoms with Crippen molar-refractivity contribution in [3.63, 3.8) is 0 Å². The van der Waals surface area contributed by atoms with Gasteiger partial charge in [-0.3, -0.25) is 4.79 Å². The van der Waals surface area contributed by atoms with Crippen LogP contribution in [0.15, 0.2) is 24.5 Å². The van der Waals surface area contributed by atoms with Crippen LogP contribution in [0.4, 0.5) is 5.69 Å². The van der Waals surface area contributed by atoms with E-state index in [1.165, 1.54) is 6.33 Å². The Morgan fingerprint density at radius 3 is 2.40 bits per heavy atom. The number of rotatable bonds is 3. The average Bonchev–Trinajstić information content (AvgIpc) is 2.38. The Bertz CT molecular complexity index is 633. The smallest absolute Gasteiger partial charge is 0.259 e. The molecule has 0 saturated heterocycles. The fourth-order valence-corrected chi connectivity index (χ4v) is 2.03. The van der Waals surface area contributed by atoms with E-state index in [-0.39, 0.29) is 5.91 Å². The fourth-order valence-electron chi connectivity index (χ4n) is 2.03. The Balaban J connectivity index is 2.35. The van der Waals surface area contributed by atoms with E-state index in [1.54, 1.807) is 21.0 Å². The van der Waals surface area contributed by atoms with E-state index >= 15 is 0 Å². The minimum atomic E-state index is -0.232. The highest BCUT2D eigenvalue weighted by Crippen LogP contribution is 2.26. The molecule has 0 aliphatic heterocycles. The van der Waals surface area contributed by atoms with Crippen molar-refractivity contribution in [1.82, 2.24) is 9.97 Å². The second kappa shape index (κ2) is 5.69. The van der Waals surface area contributed by atoms with Crippen LogP contribution in [0.3, 0.4) is 0 Å². The van der Waals surface area contributed by atoms with E-state index in [4.69, 9.17) is 4.74 Å². The maximum Gasteiger partial charge on any atom is 0.259 e. The zero-order valence-electron chi connectivity index (χ0n) is 12.0. The average molecular weight is 271 g/mol. The van der Waals surface area contributed by atoms with Crippen molar-refractivity contribution >= 4 is 11.6 Å². The van der Waals surface area contributed by atoms with Crippen molar-refractivity contribution in [2.45, 2.75) is 20.8 Å². The summed E-state index contributed by atoms with van der Waals surface area (Å²) in [4.78, 5) is 20.5. The van der Waals surface area contributed by atoms with Gasteiger partial charge >= 0.3 is 0 Å². The molecule has 2 aromatic rings. The Hall–Kier alpha value is -2.43. The van der Waals surface area contributed by atoms with Crippen molar-refractivity contribution in [2.75, 3.05) is 12.4 Å². The number of methoxy groups -OCH3 is 1. The van der Waals surface area contributed by atoms with Crippen molar-refractivity contribution in [3.8, 4) is 5.75 Å². The zero-order valence-corrected chi connectivity index (χ0v) is 12.0. The molecule has 1 N–H and O–H groups in total. The number of benzene rings is 1. The van der Waals surface area contributed by atoms with Gasteiger partial charge in [0, 0.05) is 0 Å². The third-order valence-electron chi connectivity index (χ3n) is 3.06. The first-order valence-electron chi connectivity index (χ1n) is 6.27. The van der Waals surface area contributed by atoms with Crippen LogP contribution in [-0.4, -0.2) is 23.0 Å². The first-order chi connectivity index (χ1) is 9.52. The minimum absolute atomic E-state index is 0.232. The molecule has 0 bridgehead atoms. The first-order valence-corrected chi connectivity index (χ1v) is 6.27. The highest BCUT2D eigenvalue weighted by atomic mass is 16.5. The van der Waals surface area contributed by atoms with Gasteiger partial charge in [-0.2, -0.15) is 0 Å². The molecule has 104 valence electrons. The molecule has 0 spiro atoms. The van der Waals surface area contributed by atoms with Gasteiger partial charge in [-0.15, -0.1) is 0 Å². The molecule has 0 radical (unpaired) electrons. The van der Waals surface area contributed by atoms with Crippen LogP contribution in [0.2, 0.25) is 0 Å². The molecule has 0 aliphatic rings. The Kier molecular flexibility index (Phi) is 3.98. The number of hydrogen-bond acceptors (Lipinski definition) is 4. The van der Waals surface area contributed by atoms with Gasteiger partial charge in [-0.1, -0.05) is 6.07 Å². The number of nitrogens with zero attached hydrogens (tertiary/aromatic N) is 2. The molecule has 0 saturated carbocycles. The second-order valence-electron chi connectivity index (χ2n) is 4.58. The molecule has 1 amide bonds. The van der Waals surface area contributed by atoms with E-state index in [9.17, 15) is 4.79 Å². The van der Waals surface area contributed by atoms with Crippen LogP contribution >= 0.6 is 0 Å². The highest BCUT2D eigenvalue weighted by molar-refractivity contribution is 6.06. The van der Waals surface area contributed by atoms with Crippen molar-refractivity contribution in [3.05, 3.63) is 47.0 Å². The maximum absolute atomic E-state index is 12.4. The summed E-state index contributed by atoms with van der Waals surface area (Å²) in [6, 6.07) is 5.62. The van der Waals surface area contributed by atoms with Crippen molar-refractivity contribution < 1.29 is 9.53 Å². The van der Waals surface area contributed by atoms with Crippen molar-refractivity contribution in [2.24, 2.45) is 0 Å². The number of amides is 1. The van der Waals surface area contributed by atoms with Crippen LogP contribution in [-0.2, 0) is 0 Å². The Labute approximate surface area is 118 Å². The van der Waals surface area contributed by atoms with Gasteiger partial charge in [0.15, 0.2) is 0 Å². The van der Waals surface area contributed by atoms with E-state index in [0.29, 0.717) is 28.4 Å². The third-order valence-corrected chi connectivity index (χ3v) is 3.06. The lowest BCUT2D eigenvalue weighted by atomic mass is 10.1. The number of ether oxygens (including phenoxy) is 1. The topological polar surface area (TPSA) is 64.1 Å². The first kappa shape index (κ1) is 14.0. The lowest BCUT2D eigenvalue weighted by Gasteiger charge is -2.12. The third kappa shape index (κ3) is 2.77. The minimum Gasteiger partial charge on any atom is -0.495 e. The molecule has 0 aliphatic carbocycles. The number of nitrogens with one attached hydrogen (secondary N) is 1. The number of hydrogen-bond donors (Lipinski definition) is 1. The molecule has 0 unspecified atom stereocenters. The predicted octanol–water partition coefficient (Wildman–Crippen LogP) is 2.66. The van der Waals surface area contributed by atoms with Gasteiger partial charge in [-0.05, 0) is 38.5 Å². The van der Waals surface area contributed by atoms with Gasteiger partial charge in [0.25, 0.3) is 5.91 Å². The van der Waals surface area contributed by atoms with Crippen LogP contribution in [0.5, 0.6) is 5.75 Å². The molecule has 20 heavy (non-hydrogen) atoms. The van der Waals surface area contributed by atoms with Crippen LogP contribution in [0, 0.1) is 20.8 Å².